The summed E-state index contributed by atoms with van der Waals surface area (Å²) in [6.07, 6.45) is 2.11. The van der Waals surface area contributed by atoms with Crippen molar-refractivity contribution in [1.29, 1.82) is 0 Å². The predicted molar refractivity (Wildman–Crippen MR) is 228 cm³/mol. The van der Waals surface area contributed by atoms with E-state index in [1.807, 2.05) is 13.8 Å². The number of alkyl halides is 1. The zero-order chi connectivity index (χ0) is 46.1. The molecule has 2 aromatic carbocycles. The Morgan fingerprint density at radius 3 is 1.34 bits per heavy atom. The topological polar surface area (TPSA) is 196 Å². The number of rotatable bonds is 13. The first-order valence-electron chi connectivity index (χ1n) is 18.5. The molecule has 2 N–H and O–H groups in total. The summed E-state index contributed by atoms with van der Waals surface area (Å²) in [7, 11) is 2.47. The van der Waals surface area contributed by atoms with Gasteiger partial charge in [-0.2, -0.15) is 0 Å². The van der Waals surface area contributed by atoms with Gasteiger partial charge in [-0.25, -0.2) is 14.4 Å². The normalized spacial score (nSPS) is 15.6. The van der Waals surface area contributed by atoms with Crippen LogP contribution in [0.2, 0.25) is 20.1 Å². The van der Waals surface area contributed by atoms with Crippen molar-refractivity contribution >= 4 is 93.8 Å². The fourth-order valence-corrected chi connectivity index (χ4v) is 7.19. The summed E-state index contributed by atoms with van der Waals surface area (Å²) < 4.78 is 24.2. The molecule has 0 saturated heterocycles. The number of nitrogens with one attached hydrogen (secondary N) is 2. The molecule has 2 aliphatic heterocycles. The summed E-state index contributed by atoms with van der Waals surface area (Å²) in [5.74, 6) is -5.95. The molecule has 2 aromatic rings. The quantitative estimate of drug-likeness (QED) is 0.0902. The average molecular weight is 987 g/mol. The van der Waals surface area contributed by atoms with E-state index < -0.39 is 48.5 Å². The zero-order valence-corrected chi connectivity index (χ0v) is 42.6. The minimum atomic E-state index is -1.40. The first-order chi connectivity index (χ1) is 28.8. The van der Waals surface area contributed by atoms with Crippen molar-refractivity contribution in [3.8, 4) is 0 Å². The number of dihydropyridines is 2. The Bertz CT molecular complexity index is 2130. The monoisotopic (exact) mass is 984 g/mol. The standard InChI is InChI=1S/C21H23Cl2NO6.C16H15Cl2NO4.C5H9ClO2.K/c1-5-7-15(25)29-10-30-21(27)17-12(3)24-11(2)16(20(26)28-4)18(17)13-8-6-9-14(22)19(13)23;1-7-11(15(20)21)13(9-5-4-6-10(17)14(9)18)12(8(2)19-7)16(22)23-3;1-2-3-5(7)8-4-6;/h6,8-9,18,24H,5,7,10H2,1-4H3;4-6,13,19H,1-3H3,(H,20,21);2-4H2,1H3;/q;;;+1/p-1. The van der Waals surface area contributed by atoms with Crippen molar-refractivity contribution in [2.75, 3.05) is 27.1 Å². The van der Waals surface area contributed by atoms with Gasteiger partial charge in [0.25, 0.3) is 0 Å². The summed E-state index contributed by atoms with van der Waals surface area (Å²) in [6.45, 7) is 9.81. The number of carbonyl (C=O) groups excluding carboxylic acids is 6. The van der Waals surface area contributed by atoms with Gasteiger partial charge in [-0.1, -0.05) is 96.1 Å². The van der Waals surface area contributed by atoms with Crippen LogP contribution in [0.5, 0.6) is 0 Å². The van der Waals surface area contributed by atoms with Gasteiger partial charge >= 0.3 is 81.2 Å². The smallest absolute Gasteiger partial charge is 0.545 e. The summed E-state index contributed by atoms with van der Waals surface area (Å²) >= 11 is 30.0. The molecule has 62 heavy (non-hydrogen) atoms. The first-order valence-corrected chi connectivity index (χ1v) is 20.5. The molecule has 0 spiro atoms. The molecule has 0 amide bonds. The molecule has 2 heterocycles. The Kier molecular flexibility index (Phi) is 25.7. The summed E-state index contributed by atoms with van der Waals surface area (Å²) in [5, 5.41) is 18.4. The molecule has 2 aliphatic rings. The second kappa shape index (κ2) is 28.0. The SMILES string of the molecule is CCCC(=O)OCCl.CCCC(=O)OCOC(=O)C1=C(C)NC(C)=C(C(=O)OC)C1c1cccc(Cl)c1Cl.COC(=O)C1=C(C)NC(C)=C(C(=O)[O-])C1c1cccc(Cl)c1Cl.[K+]. The number of ether oxygens (including phenoxy) is 5. The van der Waals surface area contributed by atoms with Crippen molar-refractivity contribution in [2.45, 2.75) is 79.1 Å². The molecule has 0 aromatic heterocycles. The Morgan fingerprint density at radius 1 is 0.597 bits per heavy atom. The van der Waals surface area contributed by atoms with Crippen molar-refractivity contribution in [3.63, 3.8) is 0 Å². The van der Waals surface area contributed by atoms with Crippen molar-refractivity contribution in [3.05, 3.63) is 113 Å². The molecule has 0 bridgehead atoms. The largest absolute Gasteiger partial charge is 1.00 e. The number of benzene rings is 2. The molecule has 20 heteroatoms. The van der Waals surface area contributed by atoms with Gasteiger partial charge in [0.05, 0.1) is 62.9 Å². The maximum Gasteiger partial charge on any atom is 1.00 e. The zero-order valence-electron chi connectivity index (χ0n) is 35.7. The van der Waals surface area contributed by atoms with Gasteiger partial charge in [-0.3, -0.25) is 9.59 Å². The molecule has 2 atom stereocenters. The van der Waals surface area contributed by atoms with Gasteiger partial charge in [-0.05, 0) is 63.8 Å². The van der Waals surface area contributed by atoms with Crippen LogP contribution in [0.15, 0.2) is 81.5 Å². The summed E-state index contributed by atoms with van der Waals surface area (Å²) in [4.78, 5) is 71.2. The van der Waals surface area contributed by atoms with E-state index in [2.05, 4.69) is 15.4 Å². The van der Waals surface area contributed by atoms with Crippen LogP contribution in [-0.2, 0) is 52.5 Å². The van der Waals surface area contributed by atoms with Crippen LogP contribution >= 0.6 is 58.0 Å². The second-order valence-electron chi connectivity index (χ2n) is 13.0. The van der Waals surface area contributed by atoms with Crippen molar-refractivity contribution in [1.82, 2.24) is 10.6 Å². The molecule has 4 rings (SSSR count). The Hall–Kier alpha value is -3.09. The predicted octanol–water partition coefficient (Wildman–Crippen LogP) is 4.93. The Labute approximate surface area is 428 Å². The molecule has 332 valence electrons. The van der Waals surface area contributed by atoms with Gasteiger partial charge in [0, 0.05) is 47.1 Å². The van der Waals surface area contributed by atoms with Crippen molar-refractivity contribution in [2.24, 2.45) is 0 Å². The van der Waals surface area contributed by atoms with Gasteiger partial charge in [-0.15, -0.1) is 0 Å². The van der Waals surface area contributed by atoms with Gasteiger partial charge in [0.1, 0.15) is 0 Å². The van der Waals surface area contributed by atoms with Crippen LogP contribution in [0.1, 0.15) is 90.2 Å². The van der Waals surface area contributed by atoms with Crippen molar-refractivity contribution < 1.29 is 109 Å². The number of carbonyl (C=O) groups is 6. The number of halogens is 5. The van der Waals surface area contributed by atoms with Crippen LogP contribution in [0.3, 0.4) is 0 Å². The average Bonchev–Trinajstić information content (AvgIpc) is 3.19. The molecule has 0 radical (unpaired) electrons. The number of esters is 5. The van der Waals surface area contributed by atoms with Crippen LogP contribution in [0.25, 0.3) is 0 Å². The van der Waals surface area contributed by atoms with Gasteiger partial charge in [0.15, 0.2) is 6.07 Å². The fourth-order valence-electron chi connectivity index (χ4n) is 6.24. The maximum absolute atomic E-state index is 12.9. The number of hydrogen-bond acceptors (Lipinski definition) is 14. The molecule has 2 unspecified atom stereocenters. The Morgan fingerprint density at radius 2 is 0.968 bits per heavy atom. The molecule has 14 nitrogen and oxygen atoms in total. The number of carboxylic acid groups (broad SMARTS) is 1. The number of methoxy groups -OCH3 is 2. The minimum absolute atomic E-state index is 0. The van der Waals surface area contributed by atoms with E-state index >= 15 is 0 Å². The summed E-state index contributed by atoms with van der Waals surface area (Å²) in [5.41, 5.74) is 3.08. The van der Waals surface area contributed by atoms with E-state index in [1.54, 1.807) is 64.1 Å². The Balaban J connectivity index is 0.000000531. The maximum atomic E-state index is 12.9. The minimum Gasteiger partial charge on any atom is -0.545 e. The summed E-state index contributed by atoms with van der Waals surface area (Å²) in [6, 6.07) is 9.75. The van der Waals surface area contributed by atoms with E-state index in [9.17, 15) is 33.9 Å². The van der Waals surface area contributed by atoms with Gasteiger partial charge < -0.3 is 44.2 Å². The molecular weight excluding hydrogens is 941 g/mol. The number of hydrogen-bond donors (Lipinski definition) is 2. The van der Waals surface area contributed by atoms with E-state index in [0.29, 0.717) is 46.8 Å². The molecule has 0 fully saturated rings. The van der Waals surface area contributed by atoms with Crippen LogP contribution < -0.4 is 67.1 Å². The molecule has 0 saturated carbocycles. The molecule has 0 aliphatic carbocycles. The van der Waals surface area contributed by atoms with E-state index in [1.165, 1.54) is 14.2 Å². The third kappa shape index (κ3) is 15.3. The van der Waals surface area contributed by atoms with Crippen LogP contribution in [-0.4, -0.2) is 62.9 Å². The fraction of sp³-hybridized carbons (Fsp3) is 0.381. The van der Waals surface area contributed by atoms with Gasteiger partial charge in [0.2, 0.25) is 6.79 Å². The van der Waals surface area contributed by atoms with Crippen LogP contribution in [0.4, 0.5) is 0 Å². The first kappa shape index (κ1) is 56.9. The number of carboxylic acids is 1. The second-order valence-corrected chi connectivity index (χ2v) is 14.8. The van der Waals surface area contributed by atoms with E-state index in [0.717, 1.165) is 6.42 Å². The number of aliphatic carboxylic acids is 1. The van der Waals surface area contributed by atoms with E-state index in [4.69, 9.17) is 77.0 Å². The molecular formula is C42H46Cl5KN2O12. The van der Waals surface area contributed by atoms with Crippen LogP contribution in [0, 0.1) is 0 Å². The number of allylic oxidation sites excluding steroid dienone is 4. The van der Waals surface area contributed by atoms with E-state index in [-0.39, 0.29) is 112 Å². The third-order valence-electron chi connectivity index (χ3n) is 8.89. The third-order valence-corrected chi connectivity index (χ3v) is 10.7.